The molecule has 2 aromatic heterocycles. The van der Waals surface area contributed by atoms with Crippen LogP contribution in [0.15, 0.2) is 73.1 Å². The van der Waals surface area contributed by atoms with Crippen LogP contribution < -0.4 is 10.2 Å². The average Bonchev–Trinajstić information content (AvgIpc) is 3.35. The summed E-state index contributed by atoms with van der Waals surface area (Å²) < 4.78 is 0. The number of aromatic nitrogens is 2. The lowest BCUT2D eigenvalue weighted by Gasteiger charge is -2.40. The highest BCUT2D eigenvalue weighted by atomic mass is 16.2. The maximum absolute atomic E-state index is 14.5. The lowest BCUT2D eigenvalue weighted by Crippen LogP contribution is -2.57. The second kappa shape index (κ2) is 11.2. The van der Waals surface area contributed by atoms with E-state index in [1.807, 2.05) is 60.3 Å². The van der Waals surface area contributed by atoms with Crippen molar-refractivity contribution >= 4 is 34.1 Å². The smallest absolute Gasteiger partial charge is 0.250 e. The Hall–Kier alpha value is -4.13. The van der Waals surface area contributed by atoms with E-state index < -0.39 is 5.54 Å². The van der Waals surface area contributed by atoms with Crippen LogP contribution in [-0.2, 0) is 16.1 Å². The first-order chi connectivity index (χ1) is 20.6. The minimum absolute atomic E-state index is 0.0232. The number of pyridine rings is 1. The summed E-state index contributed by atoms with van der Waals surface area (Å²) >= 11 is 0. The predicted molar refractivity (Wildman–Crippen MR) is 173 cm³/mol. The number of amides is 2. The maximum Gasteiger partial charge on any atom is 0.250 e. The van der Waals surface area contributed by atoms with Crippen molar-refractivity contribution in [1.82, 2.24) is 14.9 Å². The molecular weight excluding hydrogens is 534 g/mol. The van der Waals surface area contributed by atoms with E-state index in [-0.39, 0.29) is 29.1 Å². The Bertz CT molecular complexity index is 1620. The lowest BCUT2D eigenvalue weighted by molar-refractivity contribution is -0.146. The average molecular weight is 578 g/mol. The Morgan fingerprint density at radius 2 is 1.72 bits per heavy atom. The van der Waals surface area contributed by atoms with Crippen molar-refractivity contribution in [2.24, 2.45) is 11.3 Å². The number of benzene rings is 2. The number of carbonyl (C=O) groups excluding carboxylic acids is 2. The molecule has 4 aromatic rings. The molecule has 2 heterocycles. The SMILES string of the molecule is Cc1[nH]c2ccccc2c1[C@@H]1[C@H](CC(=O)N(Cc2cccnc2)C2(C(=O)Nc3ccc(N(C)C)cc3)CCCC2)C1(C)C. The number of fused-ring (bicyclic) bond motifs is 1. The molecule has 7 nitrogen and oxygen atoms in total. The Balaban J connectivity index is 1.30. The molecule has 2 atom stereocenters. The largest absolute Gasteiger partial charge is 0.378 e. The molecule has 0 spiro atoms. The zero-order valence-electron chi connectivity index (χ0n) is 26.0. The molecule has 0 bridgehead atoms. The van der Waals surface area contributed by atoms with Crippen molar-refractivity contribution < 1.29 is 9.59 Å². The number of H-pyrrole nitrogens is 1. The third kappa shape index (κ3) is 5.30. The van der Waals surface area contributed by atoms with E-state index in [1.165, 1.54) is 16.6 Å². The molecule has 0 unspecified atom stereocenters. The zero-order valence-corrected chi connectivity index (χ0v) is 26.0. The van der Waals surface area contributed by atoms with Crippen LogP contribution in [0.1, 0.15) is 68.7 Å². The fourth-order valence-corrected chi connectivity index (χ4v) is 7.52. The molecule has 7 heteroatoms. The Morgan fingerprint density at radius 1 is 1.00 bits per heavy atom. The van der Waals surface area contributed by atoms with Crippen LogP contribution in [-0.4, -0.2) is 46.3 Å². The van der Waals surface area contributed by atoms with E-state index in [4.69, 9.17) is 0 Å². The molecule has 2 N–H and O–H groups in total. The highest BCUT2D eigenvalue weighted by Crippen LogP contribution is 2.67. The summed E-state index contributed by atoms with van der Waals surface area (Å²) in [7, 11) is 3.99. The number of aryl methyl sites for hydroxylation is 1. The highest BCUT2D eigenvalue weighted by molar-refractivity contribution is 6.01. The molecule has 0 saturated heterocycles. The van der Waals surface area contributed by atoms with E-state index in [9.17, 15) is 9.59 Å². The van der Waals surface area contributed by atoms with Gasteiger partial charge in [0.15, 0.2) is 0 Å². The summed E-state index contributed by atoms with van der Waals surface area (Å²) in [6, 6.07) is 20.2. The van der Waals surface area contributed by atoms with Gasteiger partial charge in [0.2, 0.25) is 11.8 Å². The number of nitrogens with zero attached hydrogens (tertiary/aromatic N) is 3. The van der Waals surface area contributed by atoms with Crippen LogP contribution in [0.25, 0.3) is 10.9 Å². The van der Waals surface area contributed by atoms with Crippen LogP contribution >= 0.6 is 0 Å². The van der Waals surface area contributed by atoms with Crippen LogP contribution in [0, 0.1) is 18.3 Å². The number of hydrogen-bond donors (Lipinski definition) is 2. The van der Waals surface area contributed by atoms with Gasteiger partial charge in [0, 0.05) is 67.4 Å². The number of carbonyl (C=O) groups is 2. The lowest BCUT2D eigenvalue weighted by atomic mass is 9.91. The first-order valence-corrected chi connectivity index (χ1v) is 15.5. The maximum atomic E-state index is 14.5. The minimum atomic E-state index is -0.904. The first-order valence-electron chi connectivity index (χ1n) is 15.5. The molecule has 0 radical (unpaired) electrons. The third-order valence-corrected chi connectivity index (χ3v) is 10.1. The zero-order chi connectivity index (χ0) is 30.4. The van der Waals surface area contributed by atoms with Crippen LogP contribution in [0.3, 0.4) is 0 Å². The molecule has 2 aliphatic carbocycles. The number of nitrogens with one attached hydrogen (secondary N) is 2. The normalized spacial score (nSPS) is 20.1. The monoisotopic (exact) mass is 577 g/mol. The van der Waals surface area contributed by atoms with Gasteiger partial charge in [-0.15, -0.1) is 0 Å². The van der Waals surface area contributed by atoms with Crippen molar-refractivity contribution in [3.8, 4) is 0 Å². The van der Waals surface area contributed by atoms with Gasteiger partial charge in [0.25, 0.3) is 0 Å². The van der Waals surface area contributed by atoms with Gasteiger partial charge >= 0.3 is 0 Å². The summed E-state index contributed by atoms with van der Waals surface area (Å²) in [5.74, 6) is 0.409. The van der Waals surface area contributed by atoms with Crippen molar-refractivity contribution in [1.29, 1.82) is 0 Å². The summed E-state index contributed by atoms with van der Waals surface area (Å²) in [6.45, 7) is 7.05. The second-order valence-electron chi connectivity index (χ2n) is 13.3. The van der Waals surface area contributed by atoms with Gasteiger partial charge in [0.05, 0.1) is 0 Å². The van der Waals surface area contributed by atoms with Crippen molar-refractivity contribution in [3.63, 3.8) is 0 Å². The fraction of sp³-hybridized carbons (Fsp3) is 0.417. The third-order valence-electron chi connectivity index (χ3n) is 10.1. The van der Waals surface area contributed by atoms with Crippen LogP contribution in [0.4, 0.5) is 11.4 Å². The van der Waals surface area contributed by atoms with Gasteiger partial charge in [-0.2, -0.15) is 0 Å². The van der Waals surface area contributed by atoms with Crippen LogP contribution in [0.5, 0.6) is 0 Å². The Morgan fingerprint density at radius 3 is 2.40 bits per heavy atom. The van der Waals surface area contributed by atoms with Gasteiger partial charge in [-0.25, -0.2) is 0 Å². The van der Waals surface area contributed by atoms with E-state index in [0.29, 0.717) is 25.8 Å². The van der Waals surface area contributed by atoms with Crippen molar-refractivity contribution in [2.45, 2.75) is 70.9 Å². The fourth-order valence-electron chi connectivity index (χ4n) is 7.52. The van der Waals surface area contributed by atoms with Crippen molar-refractivity contribution in [2.75, 3.05) is 24.3 Å². The topological polar surface area (TPSA) is 81.3 Å². The summed E-state index contributed by atoms with van der Waals surface area (Å²) in [6.07, 6.45) is 7.08. The van der Waals surface area contributed by atoms with E-state index in [1.54, 1.807) is 12.4 Å². The second-order valence-corrected chi connectivity index (χ2v) is 13.3. The standard InChI is InChI=1S/C36H43N5O2/c1-24-32(28-12-6-7-13-30(28)38-24)33-29(35(33,2)3)21-31(42)41(23-25-11-10-20-37-22-25)36(18-8-9-19-36)34(43)39-26-14-16-27(17-15-26)40(4)5/h6-7,10-17,20,22,29,33,38H,8-9,18-19,21,23H2,1-5H3,(H,39,43)/t29-,33-/m0/s1. The molecule has 2 aliphatic rings. The summed E-state index contributed by atoms with van der Waals surface area (Å²) in [5.41, 5.74) is 5.46. The van der Waals surface area contributed by atoms with Crippen molar-refractivity contribution in [3.05, 3.63) is 89.9 Å². The summed E-state index contributed by atoms with van der Waals surface area (Å²) in [5, 5.41) is 4.43. The Kier molecular flexibility index (Phi) is 7.53. The molecule has 2 aromatic carbocycles. The Labute approximate surface area is 254 Å². The van der Waals surface area contributed by atoms with Gasteiger partial charge in [-0.05, 0) is 84.5 Å². The van der Waals surface area contributed by atoms with Gasteiger partial charge in [0.1, 0.15) is 5.54 Å². The van der Waals surface area contributed by atoms with Gasteiger partial charge in [-0.1, -0.05) is 51.0 Å². The number of rotatable bonds is 9. The molecule has 224 valence electrons. The minimum Gasteiger partial charge on any atom is -0.378 e. The first kappa shape index (κ1) is 29.0. The van der Waals surface area contributed by atoms with E-state index in [2.05, 4.69) is 60.3 Å². The van der Waals surface area contributed by atoms with E-state index in [0.717, 1.165) is 35.3 Å². The molecule has 6 rings (SSSR count). The van der Waals surface area contributed by atoms with Gasteiger partial charge < -0.3 is 20.1 Å². The highest BCUT2D eigenvalue weighted by Gasteiger charge is 2.60. The molecule has 0 aliphatic heterocycles. The predicted octanol–water partition coefficient (Wildman–Crippen LogP) is 7.05. The summed E-state index contributed by atoms with van der Waals surface area (Å²) in [4.78, 5) is 40.6. The quantitative estimate of drug-likeness (QED) is 0.223. The van der Waals surface area contributed by atoms with Crippen LogP contribution in [0.2, 0.25) is 0 Å². The number of anilines is 2. The molecule has 43 heavy (non-hydrogen) atoms. The molecule has 2 saturated carbocycles. The molecule has 2 amide bonds. The number of aromatic amines is 1. The molecular formula is C36H43N5O2. The molecule has 2 fully saturated rings. The van der Waals surface area contributed by atoms with E-state index >= 15 is 0 Å². The number of para-hydroxylation sites is 1. The van der Waals surface area contributed by atoms with Gasteiger partial charge in [-0.3, -0.25) is 14.6 Å². The number of hydrogen-bond acceptors (Lipinski definition) is 4.